The van der Waals surface area contributed by atoms with Gasteiger partial charge in [-0.3, -0.25) is 4.90 Å². The van der Waals surface area contributed by atoms with Gasteiger partial charge in [0.05, 0.1) is 6.61 Å². The lowest BCUT2D eigenvalue weighted by Gasteiger charge is -2.42. The minimum Gasteiger partial charge on any atom is -0.494 e. The Kier molecular flexibility index (Phi) is 6.64. The molecule has 1 saturated heterocycles. The summed E-state index contributed by atoms with van der Waals surface area (Å²) >= 11 is 0. The first kappa shape index (κ1) is 19.2. The molecule has 0 unspecified atom stereocenters. The Morgan fingerprint density at radius 3 is 2.85 bits per heavy atom. The molecule has 0 spiro atoms. The van der Waals surface area contributed by atoms with Crippen LogP contribution < -0.4 is 9.64 Å². The van der Waals surface area contributed by atoms with Crippen molar-refractivity contribution in [1.29, 1.82) is 5.26 Å². The van der Waals surface area contributed by atoms with E-state index in [1.165, 1.54) is 5.56 Å². The molecule has 0 saturated carbocycles. The molecule has 1 atom stereocenters. The van der Waals surface area contributed by atoms with Crippen LogP contribution in [0.1, 0.15) is 24.6 Å². The first-order chi connectivity index (χ1) is 13.2. The van der Waals surface area contributed by atoms with Crippen LogP contribution in [0.25, 0.3) is 0 Å². The number of aliphatic hydroxyl groups excluding tert-OH is 1. The second kappa shape index (κ2) is 9.36. The number of piperazine rings is 1. The standard InChI is InChI=1S/C21H26N4O2/c1-2-27-20-8-4-3-6-17(20)15-24-11-12-25(16-19(24)10-13-26)21-9-5-7-18(14-22)23-21/h3-9,19,26H,2,10-13,15-16H2,1H3/t19-/m0/s1. The number of pyridine rings is 1. The van der Waals surface area contributed by atoms with E-state index in [0.29, 0.717) is 18.7 Å². The lowest BCUT2D eigenvalue weighted by Crippen LogP contribution is -2.53. The predicted octanol–water partition coefficient (Wildman–Crippen LogP) is 2.43. The molecule has 0 amide bonds. The highest BCUT2D eigenvalue weighted by molar-refractivity contribution is 5.42. The van der Waals surface area contributed by atoms with E-state index in [2.05, 4.69) is 26.9 Å². The highest BCUT2D eigenvalue weighted by Crippen LogP contribution is 2.25. The highest BCUT2D eigenvalue weighted by Gasteiger charge is 2.28. The molecule has 1 aromatic carbocycles. The Balaban J connectivity index is 1.74. The fourth-order valence-electron chi connectivity index (χ4n) is 3.54. The van der Waals surface area contributed by atoms with Crippen molar-refractivity contribution in [1.82, 2.24) is 9.88 Å². The summed E-state index contributed by atoms with van der Waals surface area (Å²) in [6, 6.07) is 16.0. The van der Waals surface area contributed by atoms with Crippen molar-refractivity contribution < 1.29 is 9.84 Å². The second-order valence-electron chi connectivity index (χ2n) is 6.62. The Morgan fingerprint density at radius 2 is 2.07 bits per heavy atom. The van der Waals surface area contributed by atoms with E-state index in [1.54, 1.807) is 6.07 Å². The predicted molar refractivity (Wildman–Crippen MR) is 105 cm³/mol. The lowest BCUT2D eigenvalue weighted by atomic mass is 10.1. The van der Waals surface area contributed by atoms with E-state index in [1.807, 2.05) is 37.3 Å². The molecule has 2 aromatic rings. The Bertz CT molecular complexity index is 790. The van der Waals surface area contributed by atoms with Gasteiger partial charge in [-0.25, -0.2) is 4.98 Å². The van der Waals surface area contributed by atoms with Crippen LogP contribution in [0.5, 0.6) is 5.75 Å². The fourth-order valence-corrected chi connectivity index (χ4v) is 3.54. The van der Waals surface area contributed by atoms with Crippen LogP contribution in [0.4, 0.5) is 5.82 Å². The van der Waals surface area contributed by atoms with Crippen LogP contribution in [0.2, 0.25) is 0 Å². The van der Waals surface area contributed by atoms with Crippen LogP contribution in [0, 0.1) is 11.3 Å². The van der Waals surface area contributed by atoms with Gasteiger partial charge < -0.3 is 14.7 Å². The summed E-state index contributed by atoms with van der Waals surface area (Å²) in [7, 11) is 0. The van der Waals surface area contributed by atoms with Crippen molar-refractivity contribution in [3.05, 3.63) is 53.7 Å². The minimum atomic E-state index is 0.147. The van der Waals surface area contributed by atoms with Crippen molar-refractivity contribution in [2.24, 2.45) is 0 Å². The molecule has 0 radical (unpaired) electrons. The first-order valence-electron chi connectivity index (χ1n) is 9.43. The van der Waals surface area contributed by atoms with E-state index < -0.39 is 0 Å². The summed E-state index contributed by atoms with van der Waals surface area (Å²) in [5, 5.41) is 18.6. The molecule has 1 aliphatic rings. The van der Waals surface area contributed by atoms with Gasteiger partial charge >= 0.3 is 0 Å². The van der Waals surface area contributed by atoms with Gasteiger partial charge in [-0.15, -0.1) is 0 Å². The summed E-state index contributed by atoms with van der Waals surface area (Å²) in [5.74, 6) is 1.75. The summed E-state index contributed by atoms with van der Waals surface area (Å²) in [6.45, 7) is 6.05. The Labute approximate surface area is 160 Å². The highest BCUT2D eigenvalue weighted by atomic mass is 16.5. The number of nitrogens with zero attached hydrogens (tertiary/aromatic N) is 4. The van der Waals surface area contributed by atoms with Crippen LogP contribution in [0.3, 0.4) is 0 Å². The first-order valence-corrected chi connectivity index (χ1v) is 9.43. The molecule has 1 aromatic heterocycles. The third-order valence-electron chi connectivity index (χ3n) is 4.89. The molecular weight excluding hydrogens is 340 g/mol. The summed E-state index contributed by atoms with van der Waals surface area (Å²) in [5.41, 5.74) is 1.60. The summed E-state index contributed by atoms with van der Waals surface area (Å²) in [6.07, 6.45) is 0.700. The van der Waals surface area contributed by atoms with Crippen molar-refractivity contribution in [3.63, 3.8) is 0 Å². The fraction of sp³-hybridized carbons (Fsp3) is 0.429. The second-order valence-corrected chi connectivity index (χ2v) is 6.62. The van der Waals surface area contributed by atoms with E-state index in [-0.39, 0.29) is 12.6 Å². The zero-order chi connectivity index (χ0) is 19.1. The zero-order valence-electron chi connectivity index (χ0n) is 15.7. The smallest absolute Gasteiger partial charge is 0.142 e. The Morgan fingerprint density at radius 1 is 1.22 bits per heavy atom. The number of aromatic nitrogens is 1. The van der Waals surface area contributed by atoms with Crippen molar-refractivity contribution in [3.8, 4) is 11.8 Å². The monoisotopic (exact) mass is 366 g/mol. The number of para-hydroxylation sites is 1. The molecule has 6 heteroatoms. The largest absolute Gasteiger partial charge is 0.494 e. The summed E-state index contributed by atoms with van der Waals surface area (Å²) < 4.78 is 5.76. The van der Waals surface area contributed by atoms with E-state index in [4.69, 9.17) is 10.00 Å². The van der Waals surface area contributed by atoms with Crippen LogP contribution in [-0.2, 0) is 6.54 Å². The number of nitriles is 1. The van der Waals surface area contributed by atoms with Crippen LogP contribution >= 0.6 is 0 Å². The Hall–Kier alpha value is -2.62. The van der Waals surface area contributed by atoms with Gasteiger partial charge in [0.25, 0.3) is 0 Å². The van der Waals surface area contributed by atoms with Gasteiger partial charge in [0.2, 0.25) is 0 Å². The molecule has 1 aliphatic heterocycles. The number of anilines is 1. The molecule has 142 valence electrons. The maximum absolute atomic E-state index is 9.55. The maximum Gasteiger partial charge on any atom is 0.142 e. The third kappa shape index (κ3) is 4.76. The molecule has 3 rings (SSSR count). The molecule has 1 fully saturated rings. The average molecular weight is 366 g/mol. The molecule has 0 aliphatic carbocycles. The van der Waals surface area contributed by atoms with Gasteiger partial charge in [0.1, 0.15) is 23.3 Å². The van der Waals surface area contributed by atoms with Crippen molar-refractivity contribution in [2.75, 3.05) is 37.7 Å². The van der Waals surface area contributed by atoms with Crippen molar-refractivity contribution >= 4 is 5.82 Å². The number of aliphatic hydroxyl groups is 1. The minimum absolute atomic E-state index is 0.147. The van der Waals surface area contributed by atoms with Gasteiger partial charge in [0, 0.05) is 44.4 Å². The van der Waals surface area contributed by atoms with Crippen molar-refractivity contribution in [2.45, 2.75) is 25.9 Å². The average Bonchev–Trinajstić information content (AvgIpc) is 2.71. The zero-order valence-corrected chi connectivity index (χ0v) is 15.7. The van der Waals surface area contributed by atoms with Gasteiger partial charge in [-0.2, -0.15) is 5.26 Å². The molecule has 2 heterocycles. The van der Waals surface area contributed by atoms with Gasteiger partial charge in [-0.1, -0.05) is 24.3 Å². The number of rotatable bonds is 7. The summed E-state index contributed by atoms with van der Waals surface area (Å²) in [4.78, 5) is 9.02. The molecular formula is C21H26N4O2. The van der Waals surface area contributed by atoms with Gasteiger partial charge in [-0.05, 0) is 31.5 Å². The lowest BCUT2D eigenvalue weighted by molar-refractivity contribution is 0.134. The van der Waals surface area contributed by atoms with Crippen LogP contribution in [0.15, 0.2) is 42.5 Å². The maximum atomic E-state index is 9.55. The van der Waals surface area contributed by atoms with E-state index in [0.717, 1.165) is 37.7 Å². The van der Waals surface area contributed by atoms with E-state index in [9.17, 15) is 5.11 Å². The number of ether oxygens (including phenoxy) is 1. The van der Waals surface area contributed by atoms with Gasteiger partial charge in [0.15, 0.2) is 0 Å². The molecule has 0 bridgehead atoms. The number of hydrogen-bond acceptors (Lipinski definition) is 6. The normalized spacial score (nSPS) is 17.5. The topological polar surface area (TPSA) is 72.6 Å². The SMILES string of the molecule is CCOc1ccccc1CN1CCN(c2cccc(C#N)n2)C[C@@H]1CCO. The quantitative estimate of drug-likeness (QED) is 0.811. The van der Waals surface area contributed by atoms with E-state index >= 15 is 0 Å². The third-order valence-corrected chi connectivity index (χ3v) is 4.89. The molecule has 27 heavy (non-hydrogen) atoms. The molecule has 6 nitrogen and oxygen atoms in total. The number of hydrogen-bond donors (Lipinski definition) is 1. The van der Waals surface area contributed by atoms with Crippen LogP contribution in [-0.4, -0.2) is 53.9 Å². The number of benzene rings is 1. The molecule has 1 N–H and O–H groups in total.